The van der Waals surface area contributed by atoms with E-state index < -0.39 is 11.4 Å². The first-order valence-electron chi connectivity index (χ1n) is 6.36. The summed E-state index contributed by atoms with van der Waals surface area (Å²) in [6.07, 6.45) is 0.739. The molecular weight excluding hydrogens is 240 g/mol. The van der Waals surface area contributed by atoms with Gasteiger partial charge in [0.2, 0.25) is 0 Å². The van der Waals surface area contributed by atoms with Crippen LogP contribution in [-0.2, 0) is 11.2 Å². The van der Waals surface area contributed by atoms with Crippen molar-refractivity contribution in [2.75, 3.05) is 6.61 Å². The average Bonchev–Trinajstić information content (AvgIpc) is 2.25. The fourth-order valence-corrected chi connectivity index (χ4v) is 1.40. The van der Waals surface area contributed by atoms with Crippen molar-refractivity contribution >= 4 is 0 Å². The van der Waals surface area contributed by atoms with Crippen LogP contribution in [0.15, 0.2) is 24.3 Å². The van der Waals surface area contributed by atoms with Gasteiger partial charge in [0.05, 0.1) is 6.61 Å². The van der Waals surface area contributed by atoms with E-state index in [0.717, 1.165) is 17.5 Å². The highest BCUT2D eigenvalue weighted by atomic mass is 16.6. The third kappa shape index (κ3) is 7.63. The Kier molecular flexibility index (Phi) is 5.13. The molecule has 0 heterocycles. The minimum atomic E-state index is -1.09. The van der Waals surface area contributed by atoms with Gasteiger partial charge in [0, 0.05) is 5.56 Å². The van der Waals surface area contributed by atoms with Crippen LogP contribution in [0.5, 0.6) is 0 Å². The van der Waals surface area contributed by atoms with Gasteiger partial charge in [-0.05, 0) is 51.8 Å². The summed E-state index contributed by atoms with van der Waals surface area (Å²) in [6, 6.07) is 7.78. The first-order valence-corrected chi connectivity index (χ1v) is 6.36. The maximum atomic E-state index is 9.51. The van der Waals surface area contributed by atoms with E-state index in [1.165, 1.54) is 0 Å². The molecule has 0 aliphatic rings. The molecule has 3 heteroatoms. The van der Waals surface area contributed by atoms with Crippen molar-refractivity contribution in [3.05, 3.63) is 35.4 Å². The van der Waals surface area contributed by atoms with Crippen LogP contribution >= 0.6 is 0 Å². The zero-order valence-electron chi connectivity index (χ0n) is 12.0. The van der Waals surface area contributed by atoms with Crippen molar-refractivity contribution in [2.24, 2.45) is 0 Å². The Bertz CT molecular complexity index is 450. The monoisotopic (exact) mass is 262 g/mol. The number of ether oxygens (including phenoxy) is 1. The lowest BCUT2D eigenvalue weighted by Crippen LogP contribution is -2.24. The van der Waals surface area contributed by atoms with E-state index in [4.69, 9.17) is 4.74 Å². The van der Waals surface area contributed by atoms with Gasteiger partial charge in [-0.2, -0.15) is 0 Å². The molecule has 0 aliphatic carbocycles. The Morgan fingerprint density at radius 2 is 1.63 bits per heavy atom. The number of hydrogen-bond acceptors (Lipinski definition) is 3. The van der Waals surface area contributed by atoms with Crippen molar-refractivity contribution < 1.29 is 14.9 Å². The summed E-state index contributed by atoms with van der Waals surface area (Å²) in [5.41, 5.74) is 1.02. The molecule has 2 N–H and O–H groups in total. The normalized spacial score (nSPS) is 11.9. The van der Waals surface area contributed by atoms with E-state index in [-0.39, 0.29) is 0 Å². The molecule has 0 unspecified atom stereocenters. The number of aliphatic hydroxyl groups is 2. The van der Waals surface area contributed by atoms with Crippen LogP contribution in [0.4, 0.5) is 0 Å². The van der Waals surface area contributed by atoms with Gasteiger partial charge in [0.1, 0.15) is 5.60 Å². The molecule has 0 amide bonds. The summed E-state index contributed by atoms with van der Waals surface area (Å²) in [5, 5.41) is 18.9. The highest BCUT2D eigenvalue weighted by Crippen LogP contribution is 2.08. The highest BCUT2D eigenvalue weighted by molar-refractivity contribution is 5.37. The van der Waals surface area contributed by atoms with Gasteiger partial charge in [-0.1, -0.05) is 24.0 Å². The first-order chi connectivity index (χ1) is 8.66. The number of hydrogen-bond donors (Lipinski definition) is 2. The summed E-state index contributed by atoms with van der Waals surface area (Å²) in [6.45, 7) is 7.01. The SMILES string of the molecule is CC(C)(O)C#Cc1ccc(CCOC(C)(C)O)cc1. The second kappa shape index (κ2) is 6.21. The first kappa shape index (κ1) is 15.7. The highest BCUT2D eigenvalue weighted by Gasteiger charge is 2.11. The molecule has 0 spiro atoms. The third-order valence-electron chi connectivity index (χ3n) is 2.31. The molecule has 0 radical (unpaired) electrons. The quantitative estimate of drug-likeness (QED) is 0.645. The van der Waals surface area contributed by atoms with Gasteiger partial charge in [-0.3, -0.25) is 0 Å². The lowest BCUT2D eigenvalue weighted by Gasteiger charge is -2.17. The van der Waals surface area contributed by atoms with E-state index in [9.17, 15) is 10.2 Å². The molecule has 3 nitrogen and oxygen atoms in total. The van der Waals surface area contributed by atoms with E-state index >= 15 is 0 Å². The summed E-state index contributed by atoms with van der Waals surface area (Å²) < 4.78 is 5.25. The Labute approximate surface area is 115 Å². The van der Waals surface area contributed by atoms with E-state index in [1.54, 1.807) is 27.7 Å². The van der Waals surface area contributed by atoms with Crippen molar-refractivity contribution in [2.45, 2.75) is 45.5 Å². The van der Waals surface area contributed by atoms with Crippen LogP contribution in [0.1, 0.15) is 38.8 Å². The van der Waals surface area contributed by atoms with Crippen LogP contribution in [-0.4, -0.2) is 28.2 Å². The maximum absolute atomic E-state index is 9.51. The Morgan fingerprint density at radius 3 is 2.11 bits per heavy atom. The van der Waals surface area contributed by atoms with Crippen LogP contribution in [0.3, 0.4) is 0 Å². The predicted octanol–water partition coefficient (Wildman–Crippen LogP) is 2.10. The molecule has 1 aromatic rings. The smallest absolute Gasteiger partial charge is 0.159 e. The largest absolute Gasteiger partial charge is 0.378 e. The zero-order chi connectivity index (χ0) is 14.5. The van der Waals surface area contributed by atoms with Gasteiger partial charge in [-0.25, -0.2) is 0 Å². The van der Waals surface area contributed by atoms with Gasteiger partial charge in [-0.15, -0.1) is 0 Å². The van der Waals surface area contributed by atoms with Crippen LogP contribution < -0.4 is 0 Å². The lowest BCUT2D eigenvalue weighted by molar-refractivity contribution is -0.175. The molecule has 0 atom stereocenters. The topological polar surface area (TPSA) is 49.7 Å². The predicted molar refractivity (Wildman–Crippen MR) is 75.6 cm³/mol. The van der Waals surface area contributed by atoms with E-state index in [0.29, 0.717) is 6.61 Å². The summed E-state index contributed by atoms with van der Waals surface area (Å²) in [4.78, 5) is 0. The van der Waals surface area contributed by atoms with Crippen LogP contribution in [0.25, 0.3) is 0 Å². The molecule has 0 aliphatic heterocycles. The van der Waals surface area contributed by atoms with E-state index in [2.05, 4.69) is 11.8 Å². The molecule has 1 aromatic carbocycles. The van der Waals surface area contributed by atoms with Crippen LogP contribution in [0, 0.1) is 11.8 Å². The molecule has 19 heavy (non-hydrogen) atoms. The second-order valence-electron chi connectivity index (χ2n) is 5.55. The fraction of sp³-hybridized carbons (Fsp3) is 0.500. The summed E-state index contributed by atoms with van der Waals surface area (Å²) in [7, 11) is 0. The maximum Gasteiger partial charge on any atom is 0.159 e. The Hall–Kier alpha value is -1.34. The van der Waals surface area contributed by atoms with Crippen molar-refractivity contribution in [3.63, 3.8) is 0 Å². The average molecular weight is 262 g/mol. The van der Waals surface area contributed by atoms with Crippen LogP contribution in [0.2, 0.25) is 0 Å². The molecule has 0 aromatic heterocycles. The van der Waals surface area contributed by atoms with Gasteiger partial charge >= 0.3 is 0 Å². The molecule has 104 valence electrons. The fourth-order valence-electron chi connectivity index (χ4n) is 1.40. The van der Waals surface area contributed by atoms with Crippen molar-refractivity contribution in [3.8, 4) is 11.8 Å². The molecule has 0 saturated heterocycles. The second-order valence-corrected chi connectivity index (χ2v) is 5.55. The van der Waals surface area contributed by atoms with Gasteiger partial charge < -0.3 is 14.9 Å². The Morgan fingerprint density at radius 1 is 1.05 bits per heavy atom. The molecule has 0 saturated carbocycles. The van der Waals surface area contributed by atoms with Gasteiger partial charge in [0.25, 0.3) is 0 Å². The number of rotatable bonds is 4. The van der Waals surface area contributed by atoms with E-state index in [1.807, 2.05) is 24.3 Å². The minimum Gasteiger partial charge on any atom is -0.378 e. The summed E-state index contributed by atoms with van der Waals surface area (Å²) >= 11 is 0. The van der Waals surface area contributed by atoms with Crippen molar-refractivity contribution in [1.82, 2.24) is 0 Å². The lowest BCUT2D eigenvalue weighted by atomic mass is 10.1. The molecule has 0 fully saturated rings. The standard InChI is InChI=1S/C16H22O3/c1-15(2,17)11-9-13-5-7-14(8-6-13)10-12-19-16(3,4)18/h5-8,17-18H,10,12H2,1-4H3. The third-order valence-corrected chi connectivity index (χ3v) is 2.31. The molecule has 1 rings (SSSR count). The molecular formula is C16H22O3. The van der Waals surface area contributed by atoms with Crippen molar-refractivity contribution in [1.29, 1.82) is 0 Å². The Balaban J connectivity index is 2.54. The minimum absolute atomic E-state index is 0.470. The molecule has 0 bridgehead atoms. The zero-order valence-corrected chi connectivity index (χ0v) is 12.0. The number of benzene rings is 1. The summed E-state index contributed by atoms with van der Waals surface area (Å²) in [5.74, 6) is 4.60. The van der Waals surface area contributed by atoms with Gasteiger partial charge in [0.15, 0.2) is 5.79 Å².